The van der Waals surface area contributed by atoms with Crippen LogP contribution in [0.25, 0.3) is 0 Å². The molecule has 1 saturated carbocycles. The number of halogens is 1. The molecular weight excluding hydrogens is 419 g/mol. The third-order valence-electron chi connectivity index (χ3n) is 6.76. The van der Waals surface area contributed by atoms with Crippen molar-refractivity contribution in [1.82, 2.24) is 0 Å². The van der Waals surface area contributed by atoms with E-state index in [1.165, 1.54) is 43.2 Å². The molecular formula is C31H47FN2. The largest absolute Gasteiger partial charge is 0.386 e. The highest BCUT2D eigenvalue weighted by atomic mass is 19.1. The van der Waals surface area contributed by atoms with Crippen LogP contribution in [-0.4, -0.2) is 20.1 Å². The monoisotopic (exact) mass is 466 g/mol. The van der Waals surface area contributed by atoms with Crippen molar-refractivity contribution >= 4 is 11.4 Å². The Hall–Kier alpha value is -2.29. The second-order valence-electron chi connectivity index (χ2n) is 11.0. The number of anilines is 2. The minimum atomic E-state index is -0.182. The summed E-state index contributed by atoms with van der Waals surface area (Å²) in [5, 5.41) is 2.89. The van der Waals surface area contributed by atoms with Gasteiger partial charge in [-0.2, -0.15) is 0 Å². The molecule has 1 aliphatic carbocycles. The quantitative estimate of drug-likeness (QED) is 0.372. The molecule has 3 rings (SSSR count). The van der Waals surface area contributed by atoms with E-state index in [-0.39, 0.29) is 11.2 Å². The van der Waals surface area contributed by atoms with Crippen molar-refractivity contribution in [1.29, 1.82) is 0 Å². The minimum absolute atomic E-state index is 0.182. The number of hydrogen-bond acceptors (Lipinski definition) is 2. The second kappa shape index (κ2) is 12.4. The molecule has 0 unspecified atom stereocenters. The Bertz CT molecular complexity index is 904. The van der Waals surface area contributed by atoms with Gasteiger partial charge >= 0.3 is 0 Å². The van der Waals surface area contributed by atoms with E-state index >= 15 is 0 Å². The van der Waals surface area contributed by atoms with Crippen LogP contribution in [0.4, 0.5) is 15.8 Å². The standard InChI is InChI=1S/C16H27FN2.C15H20/c1-7-8-19(11-16(3,4)5)15-10-13(17)14(18-6)9-12(15)2;1-3-6-13-7-9-14(10-8-13)15(4-2)11-5-12-15/h9-10,18H,7-8,11H2,1-6H3;4,7-10H,2-3,5-6,11-12H2,1H3. The average Bonchev–Trinajstić information content (AvgIpc) is 2.75. The molecule has 0 bridgehead atoms. The molecule has 0 amide bonds. The van der Waals surface area contributed by atoms with Crippen LogP contribution in [0, 0.1) is 18.2 Å². The lowest BCUT2D eigenvalue weighted by Crippen LogP contribution is -2.34. The van der Waals surface area contributed by atoms with Crippen LogP contribution in [0.15, 0.2) is 49.1 Å². The number of allylic oxidation sites excluding steroid dienone is 1. The van der Waals surface area contributed by atoms with Gasteiger partial charge in [-0.25, -0.2) is 4.39 Å². The molecule has 2 aromatic rings. The van der Waals surface area contributed by atoms with Crippen molar-refractivity contribution < 1.29 is 4.39 Å². The first-order chi connectivity index (χ1) is 16.1. The maximum absolute atomic E-state index is 14.0. The molecule has 0 spiro atoms. The van der Waals surface area contributed by atoms with Gasteiger partial charge in [0.05, 0.1) is 5.69 Å². The van der Waals surface area contributed by atoms with E-state index < -0.39 is 0 Å². The van der Waals surface area contributed by atoms with Gasteiger partial charge in [0, 0.05) is 31.2 Å². The zero-order valence-electron chi connectivity index (χ0n) is 22.7. The zero-order valence-corrected chi connectivity index (χ0v) is 22.7. The van der Waals surface area contributed by atoms with Crippen molar-refractivity contribution in [2.75, 3.05) is 30.4 Å². The number of aryl methyl sites for hydroxylation is 2. The van der Waals surface area contributed by atoms with Gasteiger partial charge in [0.25, 0.3) is 0 Å². The average molecular weight is 467 g/mol. The molecule has 0 saturated heterocycles. The summed E-state index contributed by atoms with van der Waals surface area (Å²) in [6.07, 6.45) is 9.54. The van der Waals surface area contributed by atoms with Crippen molar-refractivity contribution in [3.05, 3.63) is 71.6 Å². The maximum Gasteiger partial charge on any atom is 0.148 e. The van der Waals surface area contributed by atoms with Crippen LogP contribution in [0.5, 0.6) is 0 Å². The van der Waals surface area contributed by atoms with Gasteiger partial charge in [0.1, 0.15) is 5.82 Å². The van der Waals surface area contributed by atoms with Gasteiger partial charge in [-0.15, -0.1) is 6.58 Å². The summed E-state index contributed by atoms with van der Waals surface area (Å²) in [7, 11) is 1.75. The predicted octanol–water partition coefficient (Wildman–Crippen LogP) is 8.69. The molecule has 2 nitrogen and oxygen atoms in total. The maximum atomic E-state index is 14.0. The van der Waals surface area contributed by atoms with Gasteiger partial charge in [-0.1, -0.05) is 77.8 Å². The molecule has 1 fully saturated rings. The summed E-state index contributed by atoms with van der Waals surface area (Å²) >= 11 is 0. The Labute approximate surface area is 208 Å². The Balaban J connectivity index is 0.000000246. The fourth-order valence-corrected chi connectivity index (χ4v) is 4.79. The first-order valence-electron chi connectivity index (χ1n) is 13.0. The van der Waals surface area contributed by atoms with E-state index in [1.54, 1.807) is 13.1 Å². The molecule has 0 atom stereocenters. The van der Waals surface area contributed by atoms with E-state index in [0.29, 0.717) is 11.1 Å². The third kappa shape index (κ3) is 7.35. The van der Waals surface area contributed by atoms with Gasteiger partial charge in [-0.3, -0.25) is 0 Å². The van der Waals surface area contributed by atoms with Crippen molar-refractivity contribution in [2.24, 2.45) is 5.41 Å². The van der Waals surface area contributed by atoms with E-state index in [9.17, 15) is 4.39 Å². The molecule has 1 N–H and O–H groups in total. The highest BCUT2D eigenvalue weighted by molar-refractivity contribution is 5.61. The van der Waals surface area contributed by atoms with E-state index in [0.717, 1.165) is 30.8 Å². The van der Waals surface area contributed by atoms with Crippen molar-refractivity contribution in [3.63, 3.8) is 0 Å². The van der Waals surface area contributed by atoms with Crippen LogP contribution in [0.2, 0.25) is 0 Å². The van der Waals surface area contributed by atoms with Crippen LogP contribution in [-0.2, 0) is 11.8 Å². The Kier molecular flexibility index (Phi) is 10.2. The van der Waals surface area contributed by atoms with Crippen molar-refractivity contribution in [3.8, 4) is 0 Å². The summed E-state index contributed by atoms with van der Waals surface area (Å²) in [5.74, 6) is -0.182. The summed E-state index contributed by atoms with van der Waals surface area (Å²) < 4.78 is 14.0. The van der Waals surface area contributed by atoms with E-state index in [2.05, 4.69) is 81.8 Å². The molecule has 0 aliphatic heterocycles. The Morgan fingerprint density at radius 3 is 2.18 bits per heavy atom. The number of benzene rings is 2. The van der Waals surface area contributed by atoms with Crippen LogP contribution in [0.1, 0.15) is 83.4 Å². The van der Waals surface area contributed by atoms with Gasteiger partial charge in [0.15, 0.2) is 0 Å². The van der Waals surface area contributed by atoms with Crippen LogP contribution < -0.4 is 10.2 Å². The molecule has 2 aromatic carbocycles. The lowest BCUT2D eigenvalue weighted by atomic mass is 9.64. The van der Waals surface area contributed by atoms with Crippen LogP contribution in [0.3, 0.4) is 0 Å². The Morgan fingerprint density at radius 1 is 1.09 bits per heavy atom. The zero-order chi connectivity index (χ0) is 25.4. The predicted molar refractivity (Wildman–Crippen MR) is 149 cm³/mol. The second-order valence-corrected chi connectivity index (χ2v) is 11.0. The highest BCUT2D eigenvalue weighted by Gasteiger charge is 2.35. The molecule has 0 radical (unpaired) electrons. The summed E-state index contributed by atoms with van der Waals surface area (Å²) in [4.78, 5) is 2.29. The number of rotatable bonds is 9. The minimum Gasteiger partial charge on any atom is -0.386 e. The Morgan fingerprint density at radius 2 is 1.74 bits per heavy atom. The SMILES string of the molecule is C=CC1(c2ccc(CCC)cc2)CCC1.CCCN(CC(C)(C)C)c1cc(F)c(NC)cc1C. The molecule has 1 aliphatic rings. The number of nitrogens with one attached hydrogen (secondary N) is 1. The normalized spacial score (nSPS) is 14.5. The molecule has 0 aromatic heterocycles. The van der Waals surface area contributed by atoms with Crippen LogP contribution >= 0.6 is 0 Å². The van der Waals surface area contributed by atoms with E-state index in [4.69, 9.17) is 0 Å². The third-order valence-corrected chi connectivity index (χ3v) is 6.76. The summed E-state index contributed by atoms with van der Waals surface area (Å²) in [6.45, 7) is 18.9. The van der Waals surface area contributed by atoms with E-state index in [1.807, 2.05) is 13.0 Å². The molecule has 188 valence electrons. The van der Waals surface area contributed by atoms with Gasteiger partial charge < -0.3 is 10.2 Å². The fourth-order valence-electron chi connectivity index (χ4n) is 4.79. The topological polar surface area (TPSA) is 15.3 Å². The lowest BCUT2D eigenvalue weighted by Gasteiger charge is -2.39. The molecule has 3 heteroatoms. The van der Waals surface area contributed by atoms with Gasteiger partial charge in [-0.05, 0) is 66.8 Å². The lowest BCUT2D eigenvalue weighted by molar-refractivity contribution is 0.314. The fraction of sp³-hybridized carbons (Fsp3) is 0.548. The highest BCUT2D eigenvalue weighted by Crippen LogP contribution is 2.44. The molecule has 0 heterocycles. The molecule has 34 heavy (non-hydrogen) atoms. The summed E-state index contributed by atoms with van der Waals surface area (Å²) in [6, 6.07) is 12.7. The van der Waals surface area contributed by atoms with Crippen molar-refractivity contribution in [2.45, 2.75) is 85.5 Å². The smallest absolute Gasteiger partial charge is 0.148 e. The van der Waals surface area contributed by atoms with Gasteiger partial charge in [0.2, 0.25) is 0 Å². The first-order valence-corrected chi connectivity index (χ1v) is 13.0. The summed E-state index contributed by atoms with van der Waals surface area (Å²) in [5.41, 5.74) is 6.11. The first kappa shape index (κ1) is 28.0. The number of nitrogens with zero attached hydrogens (tertiary/aromatic N) is 1. The number of hydrogen-bond donors (Lipinski definition) is 1.